The summed E-state index contributed by atoms with van der Waals surface area (Å²) in [5.41, 5.74) is 5.20. The molecule has 4 rings (SSSR count). The van der Waals surface area contributed by atoms with Crippen LogP contribution < -0.4 is 0 Å². The SMILES string of the molecule is CCc1cc2nnc(C3=Nc4ccccc4C3)c(Cl)n2n1. The Kier molecular flexibility index (Phi) is 2.75. The Labute approximate surface area is 126 Å². The van der Waals surface area contributed by atoms with Gasteiger partial charge >= 0.3 is 0 Å². The molecule has 0 aliphatic carbocycles. The van der Waals surface area contributed by atoms with Gasteiger partial charge in [0.15, 0.2) is 10.8 Å². The molecule has 21 heavy (non-hydrogen) atoms. The molecule has 5 nitrogen and oxygen atoms in total. The summed E-state index contributed by atoms with van der Waals surface area (Å²) in [4.78, 5) is 4.61. The van der Waals surface area contributed by atoms with Crippen molar-refractivity contribution in [3.63, 3.8) is 0 Å². The first kappa shape index (κ1) is 12.5. The summed E-state index contributed by atoms with van der Waals surface area (Å²) < 4.78 is 1.63. The Balaban J connectivity index is 1.84. The van der Waals surface area contributed by atoms with Crippen molar-refractivity contribution >= 4 is 28.6 Å². The van der Waals surface area contributed by atoms with Gasteiger partial charge < -0.3 is 0 Å². The molecule has 0 spiro atoms. The van der Waals surface area contributed by atoms with E-state index in [4.69, 9.17) is 11.6 Å². The Hall–Kier alpha value is -2.27. The third kappa shape index (κ3) is 1.93. The van der Waals surface area contributed by atoms with Gasteiger partial charge in [-0.3, -0.25) is 4.99 Å². The Bertz CT molecular complexity index is 881. The van der Waals surface area contributed by atoms with E-state index in [1.165, 1.54) is 5.56 Å². The second-order valence-electron chi connectivity index (χ2n) is 4.96. The van der Waals surface area contributed by atoms with Crippen LogP contribution in [-0.2, 0) is 12.8 Å². The van der Waals surface area contributed by atoms with Gasteiger partial charge in [0, 0.05) is 12.5 Å². The van der Waals surface area contributed by atoms with Gasteiger partial charge in [0.1, 0.15) is 5.69 Å². The lowest BCUT2D eigenvalue weighted by molar-refractivity contribution is 0.853. The van der Waals surface area contributed by atoms with Crippen LogP contribution in [0.4, 0.5) is 5.69 Å². The summed E-state index contributed by atoms with van der Waals surface area (Å²) in [6.07, 6.45) is 1.55. The molecular weight excluding hydrogens is 286 g/mol. The smallest absolute Gasteiger partial charge is 0.179 e. The van der Waals surface area contributed by atoms with Gasteiger partial charge in [-0.1, -0.05) is 36.7 Å². The van der Waals surface area contributed by atoms with Gasteiger partial charge in [-0.15, -0.1) is 10.2 Å². The molecule has 0 amide bonds. The average molecular weight is 298 g/mol. The van der Waals surface area contributed by atoms with Crippen molar-refractivity contribution in [2.45, 2.75) is 19.8 Å². The van der Waals surface area contributed by atoms with Crippen molar-refractivity contribution < 1.29 is 0 Å². The number of rotatable bonds is 2. The van der Waals surface area contributed by atoms with E-state index in [0.29, 0.717) is 16.5 Å². The maximum atomic E-state index is 6.45. The number of para-hydroxylation sites is 1. The van der Waals surface area contributed by atoms with Gasteiger partial charge in [-0.05, 0) is 18.1 Å². The molecule has 0 atom stereocenters. The standard InChI is InChI=1S/C15H12ClN5/c1-2-10-8-13-18-19-14(15(16)21(13)20-10)12-7-9-5-3-4-6-11(9)17-12/h3-6,8H,2,7H2,1H3. The number of hydrogen-bond acceptors (Lipinski definition) is 4. The minimum absolute atomic E-state index is 0.464. The van der Waals surface area contributed by atoms with Crippen molar-refractivity contribution in [3.8, 4) is 0 Å². The highest BCUT2D eigenvalue weighted by Crippen LogP contribution is 2.29. The summed E-state index contributed by atoms with van der Waals surface area (Å²) in [5.74, 6) is 0. The van der Waals surface area contributed by atoms with Crippen molar-refractivity contribution in [2.24, 2.45) is 4.99 Å². The van der Waals surface area contributed by atoms with Crippen molar-refractivity contribution in [1.29, 1.82) is 0 Å². The molecule has 0 fully saturated rings. The van der Waals surface area contributed by atoms with E-state index in [-0.39, 0.29) is 0 Å². The van der Waals surface area contributed by atoms with Crippen LogP contribution in [0.25, 0.3) is 5.65 Å². The zero-order valence-corrected chi connectivity index (χ0v) is 12.2. The number of hydrogen-bond donors (Lipinski definition) is 0. The zero-order valence-electron chi connectivity index (χ0n) is 11.4. The van der Waals surface area contributed by atoms with E-state index in [9.17, 15) is 0 Å². The number of aryl methyl sites for hydroxylation is 1. The molecule has 104 valence electrons. The van der Waals surface area contributed by atoms with E-state index in [1.807, 2.05) is 31.2 Å². The minimum Gasteiger partial charge on any atom is -0.250 e. The topological polar surface area (TPSA) is 55.4 Å². The lowest BCUT2D eigenvalue weighted by Gasteiger charge is -2.03. The maximum absolute atomic E-state index is 6.45. The van der Waals surface area contributed by atoms with Crippen LogP contribution in [-0.4, -0.2) is 25.5 Å². The molecule has 0 saturated heterocycles. The van der Waals surface area contributed by atoms with Crippen LogP contribution in [0, 0.1) is 0 Å². The van der Waals surface area contributed by atoms with E-state index in [2.05, 4.69) is 26.4 Å². The molecule has 2 aromatic heterocycles. The fourth-order valence-corrected chi connectivity index (χ4v) is 2.77. The fraction of sp³-hybridized carbons (Fsp3) is 0.200. The molecule has 6 heteroatoms. The van der Waals surface area contributed by atoms with Crippen molar-refractivity contribution in [1.82, 2.24) is 19.8 Å². The monoisotopic (exact) mass is 297 g/mol. The quantitative estimate of drug-likeness (QED) is 0.730. The van der Waals surface area contributed by atoms with Crippen LogP contribution in [0.3, 0.4) is 0 Å². The second kappa shape index (κ2) is 4.63. The predicted molar refractivity (Wildman–Crippen MR) is 81.5 cm³/mol. The third-order valence-electron chi connectivity index (χ3n) is 3.62. The zero-order chi connectivity index (χ0) is 14.4. The van der Waals surface area contributed by atoms with Crippen molar-refractivity contribution in [3.05, 3.63) is 52.4 Å². The molecule has 1 aliphatic heterocycles. The molecular formula is C15H12ClN5. The normalized spacial score (nSPS) is 13.5. The summed E-state index contributed by atoms with van der Waals surface area (Å²) in [6.45, 7) is 2.04. The van der Waals surface area contributed by atoms with Crippen LogP contribution in [0.5, 0.6) is 0 Å². The van der Waals surface area contributed by atoms with Crippen LogP contribution in [0.1, 0.15) is 23.9 Å². The number of nitrogens with zero attached hydrogens (tertiary/aromatic N) is 5. The van der Waals surface area contributed by atoms with Gasteiger partial charge in [-0.25, -0.2) is 0 Å². The minimum atomic E-state index is 0.464. The number of benzene rings is 1. The molecule has 0 unspecified atom stereocenters. The van der Waals surface area contributed by atoms with E-state index >= 15 is 0 Å². The third-order valence-corrected chi connectivity index (χ3v) is 3.95. The first-order valence-corrected chi connectivity index (χ1v) is 7.20. The first-order chi connectivity index (χ1) is 10.3. The molecule has 3 aromatic rings. The van der Waals surface area contributed by atoms with E-state index < -0.39 is 0 Å². The molecule has 0 bridgehead atoms. The molecule has 1 aromatic carbocycles. The van der Waals surface area contributed by atoms with Gasteiger partial charge in [-0.2, -0.15) is 9.61 Å². The summed E-state index contributed by atoms with van der Waals surface area (Å²) in [5, 5.41) is 13.4. The highest BCUT2D eigenvalue weighted by molar-refractivity contribution is 6.33. The summed E-state index contributed by atoms with van der Waals surface area (Å²) in [6, 6.07) is 9.94. The molecule has 0 N–H and O–H groups in total. The van der Waals surface area contributed by atoms with Crippen LogP contribution >= 0.6 is 11.6 Å². The molecule has 0 saturated carbocycles. The maximum Gasteiger partial charge on any atom is 0.179 e. The highest BCUT2D eigenvalue weighted by Gasteiger charge is 2.21. The van der Waals surface area contributed by atoms with Crippen LogP contribution in [0.2, 0.25) is 5.15 Å². The number of halogens is 1. The van der Waals surface area contributed by atoms with E-state index in [1.54, 1.807) is 4.52 Å². The lowest BCUT2D eigenvalue weighted by atomic mass is 10.1. The Morgan fingerprint density at radius 3 is 2.90 bits per heavy atom. The molecule has 1 aliphatic rings. The average Bonchev–Trinajstić information content (AvgIpc) is 3.11. The highest BCUT2D eigenvalue weighted by atomic mass is 35.5. The number of fused-ring (bicyclic) bond motifs is 2. The predicted octanol–water partition coefficient (Wildman–Crippen LogP) is 3.02. The van der Waals surface area contributed by atoms with Gasteiger partial charge in [0.05, 0.1) is 17.1 Å². The van der Waals surface area contributed by atoms with Crippen molar-refractivity contribution in [2.75, 3.05) is 0 Å². The van der Waals surface area contributed by atoms with Gasteiger partial charge in [0.2, 0.25) is 0 Å². The Morgan fingerprint density at radius 1 is 1.24 bits per heavy atom. The fourth-order valence-electron chi connectivity index (χ4n) is 2.50. The summed E-state index contributed by atoms with van der Waals surface area (Å²) >= 11 is 6.45. The van der Waals surface area contributed by atoms with Crippen LogP contribution in [0.15, 0.2) is 35.3 Å². The second-order valence-corrected chi connectivity index (χ2v) is 5.32. The number of aliphatic imine (C=N–C) groups is 1. The summed E-state index contributed by atoms with van der Waals surface area (Å²) in [7, 11) is 0. The Morgan fingerprint density at radius 2 is 2.10 bits per heavy atom. The molecule has 0 radical (unpaired) electrons. The first-order valence-electron chi connectivity index (χ1n) is 6.83. The molecule has 3 heterocycles. The number of aromatic nitrogens is 4. The van der Waals surface area contributed by atoms with E-state index in [0.717, 1.165) is 29.9 Å². The lowest BCUT2D eigenvalue weighted by Crippen LogP contribution is -2.10. The largest absolute Gasteiger partial charge is 0.250 e. The van der Waals surface area contributed by atoms with Gasteiger partial charge in [0.25, 0.3) is 0 Å².